The number of carbonyl (C=O) groups excluding carboxylic acids is 2. The van der Waals surface area contributed by atoms with Crippen LogP contribution in [-0.2, 0) is 27.3 Å². The lowest BCUT2D eigenvalue weighted by molar-refractivity contribution is -0.137. The molecule has 2 fully saturated rings. The van der Waals surface area contributed by atoms with Gasteiger partial charge >= 0.3 is 0 Å². The van der Waals surface area contributed by atoms with Gasteiger partial charge in [0.2, 0.25) is 11.8 Å². The first-order valence-electron chi connectivity index (χ1n) is 10.2. The number of nitrogens with one attached hydrogen (secondary N) is 2. The number of hydrogen-bond acceptors (Lipinski definition) is 4. The van der Waals surface area contributed by atoms with E-state index < -0.39 is 0 Å². The highest BCUT2D eigenvalue weighted by molar-refractivity contribution is 5.85. The molecular formula is C21H30ClN3O3. The van der Waals surface area contributed by atoms with E-state index in [-0.39, 0.29) is 42.3 Å². The number of nitrogens with zero attached hydrogens (tertiary/aromatic N) is 1. The molecule has 0 bridgehead atoms. The molecule has 3 aliphatic rings. The highest BCUT2D eigenvalue weighted by Crippen LogP contribution is 2.22. The summed E-state index contributed by atoms with van der Waals surface area (Å²) in [6.45, 7) is 3.49. The Balaban J connectivity index is 0.00000225. The Morgan fingerprint density at radius 3 is 2.61 bits per heavy atom. The third-order valence-corrected chi connectivity index (χ3v) is 6.08. The molecule has 2 saturated heterocycles. The molecule has 7 heteroatoms. The van der Waals surface area contributed by atoms with Crippen LogP contribution in [0.2, 0.25) is 0 Å². The number of rotatable bonds is 4. The number of hydrogen-bond donors (Lipinski definition) is 2. The Labute approximate surface area is 172 Å². The van der Waals surface area contributed by atoms with Crippen molar-refractivity contribution in [2.75, 3.05) is 26.2 Å². The predicted octanol–water partition coefficient (Wildman–Crippen LogP) is 1.66. The molecular weight excluding hydrogens is 378 g/mol. The van der Waals surface area contributed by atoms with Gasteiger partial charge in [0, 0.05) is 38.7 Å². The van der Waals surface area contributed by atoms with Crippen LogP contribution in [0.25, 0.3) is 0 Å². The van der Waals surface area contributed by atoms with E-state index in [0.717, 1.165) is 45.3 Å². The molecule has 3 aliphatic heterocycles. The highest BCUT2D eigenvalue weighted by atomic mass is 35.5. The predicted molar refractivity (Wildman–Crippen MR) is 109 cm³/mol. The van der Waals surface area contributed by atoms with Crippen molar-refractivity contribution in [2.45, 2.75) is 50.8 Å². The van der Waals surface area contributed by atoms with Gasteiger partial charge in [0.25, 0.3) is 0 Å². The number of amides is 2. The maximum atomic E-state index is 12.9. The Bertz CT molecular complexity index is 685. The maximum Gasteiger partial charge on any atom is 0.240 e. The summed E-state index contributed by atoms with van der Waals surface area (Å²) < 4.78 is 5.56. The van der Waals surface area contributed by atoms with Crippen LogP contribution in [0, 0.1) is 5.92 Å². The molecule has 0 aromatic heterocycles. The number of benzene rings is 1. The molecule has 4 rings (SSSR count). The third kappa shape index (κ3) is 4.85. The van der Waals surface area contributed by atoms with Crippen LogP contribution in [0.3, 0.4) is 0 Å². The standard InChI is InChI=1S/C21H29N3O3.ClH/c25-20(23-14-18-6-3-11-27-18)15-7-9-24(10-8-15)21(26)19-12-16-4-1-2-5-17(16)13-22-19;/h1-2,4-5,15,18-19,22H,3,6-14H2,(H,23,25);1H. The van der Waals surface area contributed by atoms with E-state index in [9.17, 15) is 9.59 Å². The lowest BCUT2D eigenvalue weighted by Gasteiger charge is -2.35. The molecule has 28 heavy (non-hydrogen) atoms. The molecule has 2 amide bonds. The Hall–Kier alpha value is -1.63. The van der Waals surface area contributed by atoms with Gasteiger partial charge in [0.1, 0.15) is 0 Å². The van der Waals surface area contributed by atoms with Gasteiger partial charge in [-0.25, -0.2) is 0 Å². The number of fused-ring (bicyclic) bond motifs is 1. The minimum Gasteiger partial charge on any atom is -0.376 e. The van der Waals surface area contributed by atoms with Gasteiger partial charge in [-0.15, -0.1) is 12.4 Å². The lowest BCUT2D eigenvalue weighted by Crippen LogP contribution is -2.52. The molecule has 154 valence electrons. The molecule has 2 N–H and O–H groups in total. The first kappa shape index (κ1) is 21.1. The minimum absolute atomic E-state index is 0. The third-order valence-electron chi connectivity index (χ3n) is 6.08. The summed E-state index contributed by atoms with van der Waals surface area (Å²) in [4.78, 5) is 27.2. The second-order valence-electron chi connectivity index (χ2n) is 7.89. The molecule has 1 aromatic carbocycles. The van der Waals surface area contributed by atoms with Crippen molar-refractivity contribution in [3.8, 4) is 0 Å². The van der Waals surface area contributed by atoms with E-state index in [4.69, 9.17) is 4.74 Å². The fraction of sp³-hybridized carbons (Fsp3) is 0.619. The van der Waals surface area contributed by atoms with Crippen molar-refractivity contribution >= 4 is 24.2 Å². The van der Waals surface area contributed by atoms with Gasteiger partial charge in [-0.2, -0.15) is 0 Å². The normalized spacial score (nSPS) is 24.9. The molecule has 1 aromatic rings. The van der Waals surface area contributed by atoms with Crippen LogP contribution in [-0.4, -0.2) is 55.1 Å². The van der Waals surface area contributed by atoms with Gasteiger partial charge in [-0.05, 0) is 43.2 Å². The number of piperidine rings is 1. The monoisotopic (exact) mass is 407 g/mol. The molecule has 2 atom stereocenters. The molecule has 0 aliphatic carbocycles. The maximum absolute atomic E-state index is 12.9. The van der Waals surface area contributed by atoms with Crippen molar-refractivity contribution in [1.82, 2.24) is 15.5 Å². The van der Waals surface area contributed by atoms with Crippen LogP contribution < -0.4 is 10.6 Å². The Morgan fingerprint density at radius 1 is 1.14 bits per heavy atom. The van der Waals surface area contributed by atoms with Gasteiger partial charge in [0.15, 0.2) is 0 Å². The van der Waals surface area contributed by atoms with Crippen molar-refractivity contribution in [3.05, 3.63) is 35.4 Å². The first-order chi connectivity index (χ1) is 13.2. The Morgan fingerprint density at radius 2 is 1.89 bits per heavy atom. The van der Waals surface area contributed by atoms with Crippen molar-refractivity contribution < 1.29 is 14.3 Å². The van der Waals surface area contributed by atoms with Crippen molar-refractivity contribution in [3.63, 3.8) is 0 Å². The van der Waals surface area contributed by atoms with Gasteiger partial charge < -0.3 is 20.3 Å². The summed E-state index contributed by atoms with van der Waals surface area (Å²) in [6.07, 6.45) is 4.53. The van der Waals surface area contributed by atoms with E-state index in [0.29, 0.717) is 19.6 Å². The fourth-order valence-electron chi connectivity index (χ4n) is 4.38. The zero-order valence-electron chi connectivity index (χ0n) is 16.2. The fourth-order valence-corrected chi connectivity index (χ4v) is 4.38. The summed E-state index contributed by atoms with van der Waals surface area (Å²) in [5, 5.41) is 6.41. The average molecular weight is 408 g/mol. The topological polar surface area (TPSA) is 70.7 Å². The van der Waals surface area contributed by atoms with E-state index in [1.807, 2.05) is 17.0 Å². The highest BCUT2D eigenvalue weighted by Gasteiger charge is 2.32. The molecule has 0 saturated carbocycles. The molecule has 6 nitrogen and oxygen atoms in total. The molecule has 0 radical (unpaired) electrons. The van der Waals surface area contributed by atoms with Crippen molar-refractivity contribution in [2.24, 2.45) is 5.92 Å². The number of carbonyl (C=O) groups is 2. The summed E-state index contributed by atoms with van der Waals surface area (Å²) in [5.41, 5.74) is 2.54. The quantitative estimate of drug-likeness (QED) is 0.796. The second kappa shape index (κ2) is 9.72. The number of likely N-dealkylation sites (tertiary alicyclic amines) is 1. The largest absolute Gasteiger partial charge is 0.376 e. The number of halogens is 1. The minimum atomic E-state index is -0.148. The lowest BCUT2D eigenvalue weighted by atomic mass is 9.92. The number of ether oxygens (including phenoxy) is 1. The van der Waals surface area contributed by atoms with Crippen molar-refractivity contribution in [1.29, 1.82) is 0 Å². The summed E-state index contributed by atoms with van der Waals surface area (Å²) in [5.74, 6) is 0.292. The van der Waals surface area contributed by atoms with Crippen LogP contribution >= 0.6 is 12.4 Å². The van der Waals surface area contributed by atoms with E-state index in [1.165, 1.54) is 11.1 Å². The van der Waals surface area contributed by atoms with Gasteiger partial charge in [0.05, 0.1) is 12.1 Å². The van der Waals surface area contributed by atoms with Crippen LogP contribution in [0.15, 0.2) is 24.3 Å². The SMILES string of the molecule is Cl.O=C(NCC1CCCO1)C1CCN(C(=O)C2Cc3ccccc3CN2)CC1. The van der Waals surface area contributed by atoms with E-state index in [1.54, 1.807) is 0 Å². The van der Waals surface area contributed by atoms with E-state index in [2.05, 4.69) is 22.8 Å². The summed E-state index contributed by atoms with van der Waals surface area (Å²) in [7, 11) is 0. The second-order valence-corrected chi connectivity index (χ2v) is 7.89. The Kier molecular flexibility index (Phi) is 7.32. The van der Waals surface area contributed by atoms with Crippen LogP contribution in [0.5, 0.6) is 0 Å². The average Bonchev–Trinajstić information content (AvgIpc) is 3.25. The zero-order valence-corrected chi connectivity index (χ0v) is 17.0. The van der Waals surface area contributed by atoms with E-state index >= 15 is 0 Å². The zero-order chi connectivity index (χ0) is 18.6. The summed E-state index contributed by atoms with van der Waals surface area (Å²) in [6, 6.07) is 8.15. The smallest absolute Gasteiger partial charge is 0.240 e. The summed E-state index contributed by atoms with van der Waals surface area (Å²) >= 11 is 0. The molecule has 2 unspecified atom stereocenters. The van der Waals surface area contributed by atoms with Crippen LogP contribution in [0.4, 0.5) is 0 Å². The van der Waals surface area contributed by atoms with Gasteiger partial charge in [-0.3, -0.25) is 9.59 Å². The van der Waals surface area contributed by atoms with Gasteiger partial charge in [-0.1, -0.05) is 24.3 Å². The first-order valence-corrected chi connectivity index (χ1v) is 10.2. The molecule has 0 spiro atoms. The molecule has 3 heterocycles. The van der Waals surface area contributed by atoms with Crippen LogP contribution in [0.1, 0.15) is 36.8 Å².